The molecule has 0 bridgehead atoms. The third-order valence-electron chi connectivity index (χ3n) is 4.64. The second-order valence-corrected chi connectivity index (χ2v) is 7.35. The fourth-order valence-electron chi connectivity index (χ4n) is 2.59. The molecule has 0 aliphatic carbocycles. The lowest BCUT2D eigenvalue weighted by Crippen LogP contribution is -2.47. The summed E-state index contributed by atoms with van der Waals surface area (Å²) in [5.41, 5.74) is 0.832. The fraction of sp³-hybridized carbons (Fsp3) is 0.600. The minimum atomic E-state index is -0.491. The molecule has 1 rings (SSSR count). The number of guanidine groups is 1. The van der Waals surface area contributed by atoms with Crippen LogP contribution in [0.25, 0.3) is 0 Å². The Balaban J connectivity index is 2.36. The first-order valence-corrected chi connectivity index (χ1v) is 9.21. The van der Waals surface area contributed by atoms with E-state index in [9.17, 15) is 4.79 Å². The summed E-state index contributed by atoms with van der Waals surface area (Å²) in [5.74, 6) is 0.733. The molecule has 0 aliphatic rings. The van der Waals surface area contributed by atoms with Crippen molar-refractivity contribution in [3.8, 4) is 0 Å². The summed E-state index contributed by atoms with van der Waals surface area (Å²) >= 11 is 0. The topological polar surface area (TPSA) is 68.8 Å². The van der Waals surface area contributed by atoms with Crippen molar-refractivity contribution >= 4 is 11.9 Å². The molecule has 6 nitrogen and oxygen atoms in total. The van der Waals surface area contributed by atoms with E-state index in [1.165, 1.54) is 5.56 Å². The van der Waals surface area contributed by atoms with Gasteiger partial charge in [0, 0.05) is 39.8 Å². The molecule has 1 atom stereocenters. The van der Waals surface area contributed by atoms with Crippen LogP contribution in [0.5, 0.6) is 0 Å². The van der Waals surface area contributed by atoms with Crippen LogP contribution in [0.1, 0.15) is 32.8 Å². The van der Waals surface area contributed by atoms with E-state index in [2.05, 4.69) is 64.1 Å². The fourth-order valence-corrected chi connectivity index (χ4v) is 2.59. The number of hydrogen-bond acceptors (Lipinski definition) is 3. The number of carbonyl (C=O) groups is 1. The molecule has 146 valence electrons. The van der Waals surface area contributed by atoms with Crippen LogP contribution in [0.4, 0.5) is 0 Å². The first kappa shape index (κ1) is 22.0. The van der Waals surface area contributed by atoms with Gasteiger partial charge < -0.3 is 16.0 Å². The zero-order valence-electron chi connectivity index (χ0n) is 17.1. The molecule has 1 amide bonds. The van der Waals surface area contributed by atoms with Crippen LogP contribution in [0, 0.1) is 5.41 Å². The SMILES string of the molecule is CN=C(NCCC(C)N(C)Cc1ccccc1)NCC(C)(C)C(=O)NC. The van der Waals surface area contributed by atoms with Gasteiger partial charge in [-0.1, -0.05) is 30.3 Å². The molecule has 3 N–H and O–H groups in total. The van der Waals surface area contributed by atoms with Crippen LogP contribution in [0.3, 0.4) is 0 Å². The molecule has 0 aromatic heterocycles. The van der Waals surface area contributed by atoms with E-state index in [4.69, 9.17) is 0 Å². The van der Waals surface area contributed by atoms with E-state index < -0.39 is 5.41 Å². The van der Waals surface area contributed by atoms with Crippen molar-refractivity contribution in [1.29, 1.82) is 0 Å². The first-order chi connectivity index (χ1) is 12.3. The molecule has 26 heavy (non-hydrogen) atoms. The lowest BCUT2D eigenvalue weighted by Gasteiger charge is -2.26. The Morgan fingerprint density at radius 1 is 1.23 bits per heavy atom. The largest absolute Gasteiger partial charge is 0.359 e. The highest BCUT2D eigenvalue weighted by atomic mass is 16.2. The van der Waals surface area contributed by atoms with Crippen LogP contribution in [-0.4, -0.2) is 57.0 Å². The predicted molar refractivity (Wildman–Crippen MR) is 109 cm³/mol. The Bertz CT molecular complexity index is 571. The van der Waals surface area contributed by atoms with Crippen molar-refractivity contribution in [3.63, 3.8) is 0 Å². The van der Waals surface area contributed by atoms with Gasteiger partial charge in [0.05, 0.1) is 5.41 Å². The van der Waals surface area contributed by atoms with Crippen LogP contribution in [0.2, 0.25) is 0 Å². The average molecular weight is 362 g/mol. The molecule has 1 aromatic rings. The Labute approximate surface area is 158 Å². The monoisotopic (exact) mass is 361 g/mol. The van der Waals surface area contributed by atoms with Gasteiger partial charge in [-0.2, -0.15) is 0 Å². The maximum Gasteiger partial charge on any atom is 0.227 e. The number of benzene rings is 1. The number of nitrogens with zero attached hydrogens (tertiary/aromatic N) is 2. The maximum atomic E-state index is 11.8. The number of amides is 1. The molecule has 0 heterocycles. The average Bonchev–Trinajstić information content (AvgIpc) is 2.64. The molecule has 0 saturated carbocycles. The highest BCUT2D eigenvalue weighted by Crippen LogP contribution is 2.13. The van der Waals surface area contributed by atoms with E-state index >= 15 is 0 Å². The Hall–Kier alpha value is -2.08. The third-order valence-corrected chi connectivity index (χ3v) is 4.64. The molecule has 0 aliphatic heterocycles. The van der Waals surface area contributed by atoms with Gasteiger partial charge in [-0.3, -0.25) is 14.7 Å². The van der Waals surface area contributed by atoms with Gasteiger partial charge in [0.25, 0.3) is 0 Å². The van der Waals surface area contributed by atoms with Gasteiger partial charge in [0.1, 0.15) is 0 Å². The van der Waals surface area contributed by atoms with Crippen molar-refractivity contribution in [2.45, 2.75) is 39.8 Å². The molecule has 6 heteroatoms. The number of aliphatic imine (C=N–C) groups is 1. The standard InChI is InChI=1S/C20H35N5O/c1-16(25(6)14-17-10-8-7-9-11-17)12-13-23-19(22-5)24-15-20(2,3)18(26)21-4/h7-11,16H,12-15H2,1-6H3,(H,21,26)(H2,22,23,24). The van der Waals surface area contributed by atoms with Crippen LogP contribution >= 0.6 is 0 Å². The van der Waals surface area contributed by atoms with Gasteiger partial charge in [-0.05, 0) is 39.8 Å². The van der Waals surface area contributed by atoms with Crippen molar-refractivity contribution < 1.29 is 4.79 Å². The van der Waals surface area contributed by atoms with Gasteiger partial charge in [0.15, 0.2) is 5.96 Å². The lowest BCUT2D eigenvalue weighted by atomic mass is 9.92. The Kier molecular flexibility index (Phi) is 9.13. The van der Waals surface area contributed by atoms with Crippen LogP contribution < -0.4 is 16.0 Å². The number of rotatable bonds is 9. The molecule has 0 spiro atoms. The molecule has 0 fully saturated rings. The van der Waals surface area contributed by atoms with Crippen LogP contribution in [-0.2, 0) is 11.3 Å². The van der Waals surface area contributed by atoms with Gasteiger partial charge in [0.2, 0.25) is 5.91 Å². The zero-order valence-corrected chi connectivity index (χ0v) is 17.1. The number of nitrogens with one attached hydrogen (secondary N) is 3. The maximum absolute atomic E-state index is 11.8. The Morgan fingerprint density at radius 2 is 1.88 bits per heavy atom. The van der Waals surface area contributed by atoms with Crippen LogP contribution in [0.15, 0.2) is 35.3 Å². The van der Waals surface area contributed by atoms with Crippen molar-refractivity contribution in [3.05, 3.63) is 35.9 Å². The van der Waals surface area contributed by atoms with Gasteiger partial charge >= 0.3 is 0 Å². The second kappa shape index (κ2) is 10.8. The van der Waals surface area contributed by atoms with Crippen molar-refractivity contribution in [1.82, 2.24) is 20.9 Å². The minimum Gasteiger partial charge on any atom is -0.359 e. The third kappa shape index (κ3) is 7.44. The Morgan fingerprint density at radius 3 is 2.46 bits per heavy atom. The van der Waals surface area contributed by atoms with Gasteiger partial charge in [-0.15, -0.1) is 0 Å². The molecular formula is C20H35N5O. The summed E-state index contributed by atoms with van der Waals surface area (Å²) in [6, 6.07) is 10.9. The summed E-state index contributed by atoms with van der Waals surface area (Å²) in [6.45, 7) is 8.33. The lowest BCUT2D eigenvalue weighted by molar-refractivity contribution is -0.128. The van der Waals surface area contributed by atoms with E-state index in [1.54, 1.807) is 14.1 Å². The van der Waals surface area contributed by atoms with Crippen molar-refractivity contribution in [2.75, 3.05) is 34.2 Å². The zero-order chi connectivity index (χ0) is 19.6. The molecule has 0 saturated heterocycles. The minimum absolute atomic E-state index is 0.0108. The summed E-state index contributed by atoms with van der Waals surface area (Å²) in [5, 5.41) is 9.25. The molecule has 1 unspecified atom stereocenters. The second-order valence-electron chi connectivity index (χ2n) is 7.35. The predicted octanol–water partition coefficient (Wildman–Crippen LogP) is 1.83. The van der Waals surface area contributed by atoms with E-state index in [0.717, 1.165) is 25.5 Å². The van der Waals surface area contributed by atoms with Gasteiger partial charge in [-0.25, -0.2) is 0 Å². The van der Waals surface area contributed by atoms with E-state index in [0.29, 0.717) is 12.6 Å². The molecule has 0 radical (unpaired) electrons. The van der Waals surface area contributed by atoms with E-state index in [-0.39, 0.29) is 5.91 Å². The number of hydrogen-bond donors (Lipinski definition) is 3. The summed E-state index contributed by atoms with van der Waals surface area (Å²) in [4.78, 5) is 18.4. The normalized spacial score (nSPS) is 13.4. The summed E-state index contributed by atoms with van der Waals surface area (Å²) in [7, 11) is 5.55. The highest BCUT2D eigenvalue weighted by Gasteiger charge is 2.26. The smallest absolute Gasteiger partial charge is 0.227 e. The first-order valence-electron chi connectivity index (χ1n) is 9.21. The quantitative estimate of drug-likeness (QED) is 0.464. The van der Waals surface area contributed by atoms with Crippen molar-refractivity contribution in [2.24, 2.45) is 10.4 Å². The molecule has 1 aromatic carbocycles. The highest BCUT2D eigenvalue weighted by molar-refractivity contribution is 5.84. The summed E-state index contributed by atoms with van der Waals surface area (Å²) < 4.78 is 0. The number of carbonyl (C=O) groups excluding carboxylic acids is 1. The van der Waals surface area contributed by atoms with E-state index in [1.807, 2.05) is 19.9 Å². The summed E-state index contributed by atoms with van der Waals surface area (Å²) in [6.07, 6.45) is 1.00. The molecular weight excluding hydrogens is 326 g/mol.